The number of nitrogens with one attached hydrogen (secondary N) is 1. The average molecular weight is 114 g/mol. The molecule has 0 saturated heterocycles. The number of hydrogen-bond donors (Lipinski definition) is 2. The van der Waals surface area contributed by atoms with Gasteiger partial charge in [0, 0.05) is 12.5 Å². The molecule has 1 heterocycles. The van der Waals surface area contributed by atoms with Crippen molar-refractivity contribution in [3.05, 3.63) is 12.3 Å². The maximum absolute atomic E-state index is 5.15. The van der Waals surface area contributed by atoms with E-state index in [1.165, 1.54) is 0 Å². The molecule has 8 heavy (non-hydrogen) atoms. The third kappa shape index (κ3) is 1.21. The normalized spacial score (nSPS) is 27.4. The van der Waals surface area contributed by atoms with E-state index in [2.05, 4.69) is 5.43 Å². The van der Waals surface area contributed by atoms with Gasteiger partial charge in [-0.3, -0.25) is 11.3 Å². The quantitative estimate of drug-likeness (QED) is 0.365. The van der Waals surface area contributed by atoms with Crippen LogP contribution in [0.5, 0.6) is 0 Å². The number of rotatable bonds is 1. The Balaban J connectivity index is 2.32. The van der Waals surface area contributed by atoms with Crippen LogP contribution < -0.4 is 11.3 Å². The lowest BCUT2D eigenvalue weighted by Gasteiger charge is -2.14. The lowest BCUT2D eigenvalue weighted by atomic mass is 10.2. The third-order valence-corrected chi connectivity index (χ3v) is 1.17. The summed E-state index contributed by atoms with van der Waals surface area (Å²) in [6.07, 6.45) is 4.55. The highest BCUT2D eigenvalue weighted by Gasteiger charge is 2.04. The standard InChI is InChI=1S/C5H10N2O/c6-7-5-1-3-8-4-2-5/h1,3,5,7H,2,4,6H2. The minimum absolute atomic E-state index is 0.309. The van der Waals surface area contributed by atoms with Gasteiger partial charge in [-0.1, -0.05) is 0 Å². The second kappa shape index (κ2) is 2.69. The van der Waals surface area contributed by atoms with Crippen LogP contribution in [-0.4, -0.2) is 12.6 Å². The molecule has 1 aliphatic rings. The third-order valence-electron chi connectivity index (χ3n) is 1.17. The van der Waals surface area contributed by atoms with E-state index < -0.39 is 0 Å². The van der Waals surface area contributed by atoms with Gasteiger partial charge >= 0.3 is 0 Å². The van der Waals surface area contributed by atoms with Crippen LogP contribution in [0.3, 0.4) is 0 Å². The summed E-state index contributed by atoms with van der Waals surface area (Å²) in [4.78, 5) is 0. The molecule has 3 N–H and O–H groups in total. The van der Waals surface area contributed by atoms with E-state index in [4.69, 9.17) is 10.6 Å². The fraction of sp³-hybridized carbons (Fsp3) is 0.600. The number of nitrogens with two attached hydrogens (primary N) is 1. The summed E-state index contributed by atoms with van der Waals surface area (Å²) < 4.78 is 4.93. The molecule has 1 unspecified atom stereocenters. The fourth-order valence-electron chi connectivity index (χ4n) is 0.649. The lowest BCUT2D eigenvalue weighted by molar-refractivity contribution is 0.215. The topological polar surface area (TPSA) is 47.3 Å². The van der Waals surface area contributed by atoms with Crippen LogP contribution in [-0.2, 0) is 4.74 Å². The monoisotopic (exact) mass is 114 g/mol. The molecule has 1 atom stereocenters. The highest BCUT2D eigenvalue weighted by atomic mass is 16.5. The van der Waals surface area contributed by atoms with Crippen LogP contribution in [0.15, 0.2) is 12.3 Å². The van der Waals surface area contributed by atoms with E-state index in [1.54, 1.807) is 6.26 Å². The summed E-state index contributed by atoms with van der Waals surface area (Å²) >= 11 is 0. The summed E-state index contributed by atoms with van der Waals surface area (Å²) in [6.45, 7) is 0.769. The predicted octanol–water partition coefficient (Wildman–Crippen LogP) is -0.248. The van der Waals surface area contributed by atoms with Crippen molar-refractivity contribution in [3.63, 3.8) is 0 Å². The number of hydrazine groups is 1. The zero-order valence-corrected chi connectivity index (χ0v) is 4.63. The molecule has 1 aliphatic heterocycles. The Labute approximate surface area is 48.5 Å². The maximum atomic E-state index is 5.15. The van der Waals surface area contributed by atoms with Crippen molar-refractivity contribution in [2.75, 3.05) is 6.61 Å². The minimum atomic E-state index is 0.309. The molecule has 46 valence electrons. The van der Waals surface area contributed by atoms with Crippen molar-refractivity contribution in [2.24, 2.45) is 5.84 Å². The molecule has 0 bridgehead atoms. The smallest absolute Gasteiger partial charge is 0.0891 e. The Morgan fingerprint density at radius 3 is 3.00 bits per heavy atom. The summed E-state index contributed by atoms with van der Waals surface area (Å²) in [7, 11) is 0. The van der Waals surface area contributed by atoms with Crippen LogP contribution in [0, 0.1) is 0 Å². The molecular formula is C5H10N2O. The maximum Gasteiger partial charge on any atom is 0.0891 e. The van der Waals surface area contributed by atoms with Gasteiger partial charge in [-0.2, -0.15) is 0 Å². The molecule has 0 radical (unpaired) electrons. The van der Waals surface area contributed by atoms with Crippen LogP contribution in [0.4, 0.5) is 0 Å². The van der Waals surface area contributed by atoms with Crippen molar-refractivity contribution in [1.29, 1.82) is 0 Å². The zero-order chi connectivity index (χ0) is 5.82. The van der Waals surface area contributed by atoms with Gasteiger partial charge in [0.15, 0.2) is 0 Å². The van der Waals surface area contributed by atoms with E-state index in [0.717, 1.165) is 13.0 Å². The molecule has 3 heteroatoms. The van der Waals surface area contributed by atoms with E-state index in [1.807, 2.05) is 6.08 Å². The first-order valence-corrected chi connectivity index (χ1v) is 2.68. The molecule has 0 aliphatic carbocycles. The second-order valence-electron chi connectivity index (χ2n) is 1.76. The van der Waals surface area contributed by atoms with Crippen LogP contribution >= 0.6 is 0 Å². The second-order valence-corrected chi connectivity index (χ2v) is 1.76. The summed E-state index contributed by atoms with van der Waals surface area (Å²) in [5.41, 5.74) is 2.64. The van der Waals surface area contributed by atoms with Crippen molar-refractivity contribution in [3.8, 4) is 0 Å². The molecule has 0 aromatic carbocycles. The van der Waals surface area contributed by atoms with Gasteiger partial charge in [-0.05, 0) is 6.08 Å². The van der Waals surface area contributed by atoms with Gasteiger partial charge in [0.05, 0.1) is 12.9 Å². The van der Waals surface area contributed by atoms with Crippen LogP contribution in [0.25, 0.3) is 0 Å². The molecule has 0 fully saturated rings. The van der Waals surface area contributed by atoms with E-state index >= 15 is 0 Å². The summed E-state index contributed by atoms with van der Waals surface area (Å²) in [5, 5.41) is 0. The first-order chi connectivity index (χ1) is 3.93. The van der Waals surface area contributed by atoms with Crippen molar-refractivity contribution >= 4 is 0 Å². The van der Waals surface area contributed by atoms with Crippen LogP contribution in [0.2, 0.25) is 0 Å². The lowest BCUT2D eigenvalue weighted by Crippen LogP contribution is -2.35. The molecule has 3 nitrogen and oxygen atoms in total. The van der Waals surface area contributed by atoms with E-state index in [0.29, 0.717) is 6.04 Å². The Hall–Kier alpha value is -0.540. The number of ether oxygens (including phenoxy) is 1. The SMILES string of the molecule is NNC1C=COCC1. The molecule has 1 rings (SSSR count). The van der Waals surface area contributed by atoms with Gasteiger partial charge in [-0.25, -0.2) is 0 Å². The molecule has 0 aromatic heterocycles. The molecular weight excluding hydrogens is 104 g/mol. The van der Waals surface area contributed by atoms with Gasteiger partial charge in [0.25, 0.3) is 0 Å². The Kier molecular flexibility index (Phi) is 1.88. The Morgan fingerprint density at radius 2 is 2.62 bits per heavy atom. The van der Waals surface area contributed by atoms with Gasteiger partial charge in [0.2, 0.25) is 0 Å². The van der Waals surface area contributed by atoms with Crippen molar-refractivity contribution < 1.29 is 4.74 Å². The van der Waals surface area contributed by atoms with E-state index in [9.17, 15) is 0 Å². The summed E-state index contributed by atoms with van der Waals surface area (Å²) in [6, 6.07) is 0.309. The predicted molar refractivity (Wildman–Crippen MR) is 30.8 cm³/mol. The molecule has 0 aromatic rings. The first kappa shape index (κ1) is 5.59. The van der Waals surface area contributed by atoms with Gasteiger partial charge in [-0.15, -0.1) is 0 Å². The molecule has 0 spiro atoms. The molecule has 0 amide bonds. The Bertz CT molecular complexity index is 92.4. The summed E-state index contributed by atoms with van der Waals surface area (Å²) in [5.74, 6) is 5.15. The highest BCUT2D eigenvalue weighted by Crippen LogP contribution is 1.99. The number of hydrogen-bond acceptors (Lipinski definition) is 3. The van der Waals surface area contributed by atoms with Gasteiger partial charge < -0.3 is 4.74 Å². The fourth-order valence-corrected chi connectivity index (χ4v) is 0.649. The zero-order valence-electron chi connectivity index (χ0n) is 4.63. The Morgan fingerprint density at radius 1 is 1.75 bits per heavy atom. The van der Waals surface area contributed by atoms with Gasteiger partial charge in [0.1, 0.15) is 0 Å². The highest BCUT2D eigenvalue weighted by molar-refractivity contribution is 4.90. The van der Waals surface area contributed by atoms with Crippen molar-refractivity contribution in [2.45, 2.75) is 12.5 Å². The molecule has 0 saturated carbocycles. The largest absolute Gasteiger partial charge is 0.501 e. The van der Waals surface area contributed by atoms with E-state index in [-0.39, 0.29) is 0 Å². The van der Waals surface area contributed by atoms with Crippen molar-refractivity contribution in [1.82, 2.24) is 5.43 Å². The van der Waals surface area contributed by atoms with Crippen LogP contribution in [0.1, 0.15) is 6.42 Å². The average Bonchev–Trinajstić information content (AvgIpc) is 1.90. The minimum Gasteiger partial charge on any atom is -0.501 e. The first-order valence-electron chi connectivity index (χ1n) is 2.68.